The molecular weight excluding hydrogens is 294 g/mol. The van der Waals surface area contributed by atoms with Crippen molar-refractivity contribution in [1.82, 2.24) is 4.90 Å². The first kappa shape index (κ1) is 18.8. The molecule has 1 aliphatic heterocycles. The molecule has 1 rings (SSSR count). The third kappa shape index (κ3) is 4.16. The predicted octanol–water partition coefficient (Wildman–Crippen LogP) is -0.202. The summed E-state index contributed by atoms with van der Waals surface area (Å²) in [6.45, 7) is 2.79. The average molecular weight is 319 g/mol. The minimum Gasteiger partial charge on any atom is -0.463 e. The molecule has 1 fully saturated rings. The molecule has 0 saturated carbocycles. The average Bonchev–Trinajstić information content (AvgIpc) is 2.49. The fraction of sp³-hybridized carbons (Fsp3) is 0.857. The summed E-state index contributed by atoms with van der Waals surface area (Å²) in [7, 11) is 6.17. The van der Waals surface area contributed by atoms with E-state index in [9.17, 15) is 9.59 Å². The minimum absolute atomic E-state index is 0.0179. The molecule has 22 heavy (non-hydrogen) atoms. The van der Waals surface area contributed by atoms with Gasteiger partial charge in [0.2, 0.25) is 5.91 Å². The van der Waals surface area contributed by atoms with Gasteiger partial charge >= 0.3 is 5.97 Å². The van der Waals surface area contributed by atoms with Gasteiger partial charge in [-0.25, -0.2) is 0 Å². The summed E-state index contributed by atoms with van der Waals surface area (Å²) in [5, 5.41) is 0. The number of carbonyl (C=O) groups excluding carboxylic acids is 2. The molecule has 0 spiro atoms. The van der Waals surface area contributed by atoms with Crippen LogP contribution in [0.1, 0.15) is 13.8 Å². The Labute approximate surface area is 130 Å². The van der Waals surface area contributed by atoms with Gasteiger partial charge in [0.1, 0.15) is 31.0 Å². The lowest BCUT2D eigenvalue weighted by Gasteiger charge is -2.47. The maximum atomic E-state index is 11.7. The molecule has 0 aromatic heterocycles. The van der Waals surface area contributed by atoms with Crippen LogP contribution in [0.5, 0.6) is 0 Å². The number of methoxy groups -OCH3 is 3. The highest BCUT2D eigenvalue weighted by Gasteiger charge is 2.49. The quantitative estimate of drug-likeness (QED) is 0.627. The number of hydrogen-bond donors (Lipinski definition) is 0. The summed E-state index contributed by atoms with van der Waals surface area (Å²) in [6, 6.07) is -0.481. The molecule has 128 valence electrons. The number of rotatable bonds is 6. The molecule has 8 nitrogen and oxygen atoms in total. The van der Waals surface area contributed by atoms with E-state index in [1.807, 2.05) is 0 Å². The number of ether oxygens (including phenoxy) is 5. The van der Waals surface area contributed by atoms with E-state index in [1.165, 1.54) is 40.1 Å². The van der Waals surface area contributed by atoms with Crippen molar-refractivity contribution in [1.29, 1.82) is 0 Å². The summed E-state index contributed by atoms with van der Waals surface area (Å²) in [4.78, 5) is 24.2. The van der Waals surface area contributed by atoms with Crippen LogP contribution in [-0.4, -0.2) is 82.4 Å². The van der Waals surface area contributed by atoms with Crippen molar-refractivity contribution in [2.75, 3.05) is 35.0 Å². The van der Waals surface area contributed by atoms with Gasteiger partial charge < -0.3 is 28.6 Å². The summed E-state index contributed by atoms with van der Waals surface area (Å²) < 4.78 is 27.1. The molecule has 1 saturated heterocycles. The Hall–Kier alpha value is -1.22. The SMILES string of the molecule is CO[C@H]1O[C@H](COC(C)=O)[C@@H](OC)[C@H](OC)[C@H]1N(C)C(C)=O. The molecule has 5 atom stereocenters. The first-order chi connectivity index (χ1) is 10.4. The highest BCUT2D eigenvalue weighted by molar-refractivity contribution is 5.73. The third-order valence-electron chi connectivity index (χ3n) is 3.79. The molecule has 1 aliphatic rings. The van der Waals surface area contributed by atoms with Crippen molar-refractivity contribution >= 4 is 11.9 Å². The number of likely N-dealkylation sites (N-methyl/N-ethyl adjacent to an activating group) is 1. The lowest BCUT2D eigenvalue weighted by molar-refractivity contribution is -0.285. The van der Waals surface area contributed by atoms with Gasteiger partial charge in [-0.3, -0.25) is 9.59 Å². The number of nitrogens with zero attached hydrogens (tertiary/aromatic N) is 1. The minimum atomic E-state index is -0.717. The van der Waals surface area contributed by atoms with Crippen molar-refractivity contribution in [3.63, 3.8) is 0 Å². The summed E-state index contributed by atoms with van der Waals surface area (Å²) in [5.74, 6) is -0.560. The number of hydrogen-bond acceptors (Lipinski definition) is 7. The van der Waals surface area contributed by atoms with Crippen molar-refractivity contribution in [2.24, 2.45) is 0 Å². The van der Waals surface area contributed by atoms with Crippen molar-refractivity contribution in [2.45, 2.75) is 44.5 Å². The molecule has 0 aromatic rings. The maximum absolute atomic E-state index is 11.7. The predicted molar refractivity (Wildman–Crippen MR) is 76.1 cm³/mol. The topological polar surface area (TPSA) is 83.5 Å². The highest BCUT2D eigenvalue weighted by atomic mass is 16.7. The molecule has 1 amide bonds. The molecular formula is C14H25NO7. The van der Waals surface area contributed by atoms with Gasteiger partial charge in [0, 0.05) is 42.2 Å². The number of amides is 1. The zero-order valence-corrected chi connectivity index (χ0v) is 13.9. The van der Waals surface area contributed by atoms with Crippen LogP contribution in [-0.2, 0) is 33.3 Å². The Morgan fingerprint density at radius 2 is 1.64 bits per heavy atom. The molecule has 1 heterocycles. The standard InChI is InChI=1S/C14H25NO7/c1-8(16)15(3)11-13(19-5)12(18-4)10(7-21-9(2)17)22-14(11)20-6/h10-14H,7H2,1-6H3/t10-,11-,12-,13-,14+/m1/s1. The van der Waals surface area contributed by atoms with Crippen molar-refractivity contribution in [3.8, 4) is 0 Å². The van der Waals surface area contributed by atoms with Crippen molar-refractivity contribution < 1.29 is 33.3 Å². The molecule has 0 aliphatic carbocycles. The second kappa shape index (κ2) is 8.42. The second-order valence-electron chi connectivity index (χ2n) is 5.10. The Kier molecular flexibility index (Phi) is 7.21. The van der Waals surface area contributed by atoms with Crippen LogP contribution in [0.25, 0.3) is 0 Å². The van der Waals surface area contributed by atoms with Crippen LogP contribution >= 0.6 is 0 Å². The van der Waals surface area contributed by atoms with Gasteiger partial charge in [0.15, 0.2) is 6.29 Å². The second-order valence-corrected chi connectivity index (χ2v) is 5.10. The Morgan fingerprint density at radius 3 is 2.05 bits per heavy atom. The summed E-state index contributed by atoms with van der Waals surface area (Å²) >= 11 is 0. The van der Waals surface area contributed by atoms with E-state index < -0.39 is 36.6 Å². The Morgan fingerprint density at radius 1 is 1.05 bits per heavy atom. The fourth-order valence-electron chi connectivity index (χ4n) is 2.59. The van der Waals surface area contributed by atoms with E-state index in [4.69, 9.17) is 23.7 Å². The Balaban J connectivity index is 3.02. The van der Waals surface area contributed by atoms with Crippen molar-refractivity contribution in [3.05, 3.63) is 0 Å². The highest BCUT2D eigenvalue weighted by Crippen LogP contribution is 2.29. The molecule has 0 N–H and O–H groups in total. The van der Waals surface area contributed by atoms with E-state index in [-0.39, 0.29) is 12.5 Å². The largest absolute Gasteiger partial charge is 0.463 e. The summed E-state index contributed by atoms with van der Waals surface area (Å²) in [6.07, 6.45) is -2.27. The van der Waals surface area contributed by atoms with E-state index in [0.29, 0.717) is 0 Å². The van der Waals surface area contributed by atoms with E-state index in [1.54, 1.807) is 7.05 Å². The van der Waals surface area contributed by atoms with Gasteiger partial charge in [-0.2, -0.15) is 0 Å². The van der Waals surface area contributed by atoms with E-state index in [0.717, 1.165) is 0 Å². The van der Waals surface area contributed by atoms with Gasteiger partial charge in [-0.15, -0.1) is 0 Å². The molecule has 0 unspecified atom stereocenters. The smallest absolute Gasteiger partial charge is 0.302 e. The lowest BCUT2D eigenvalue weighted by atomic mass is 9.95. The van der Waals surface area contributed by atoms with Crippen LogP contribution in [0.4, 0.5) is 0 Å². The van der Waals surface area contributed by atoms with Crippen LogP contribution < -0.4 is 0 Å². The zero-order valence-electron chi connectivity index (χ0n) is 13.9. The van der Waals surface area contributed by atoms with Gasteiger partial charge in [-0.1, -0.05) is 0 Å². The van der Waals surface area contributed by atoms with E-state index in [2.05, 4.69) is 0 Å². The van der Waals surface area contributed by atoms with Crippen LogP contribution in [0.15, 0.2) is 0 Å². The molecule has 0 aromatic carbocycles. The van der Waals surface area contributed by atoms with Crippen LogP contribution in [0.3, 0.4) is 0 Å². The normalized spacial score (nSPS) is 31.6. The first-order valence-corrected chi connectivity index (χ1v) is 6.97. The number of esters is 1. The molecule has 0 radical (unpaired) electrons. The van der Waals surface area contributed by atoms with Crippen LogP contribution in [0, 0.1) is 0 Å². The maximum Gasteiger partial charge on any atom is 0.302 e. The van der Waals surface area contributed by atoms with E-state index >= 15 is 0 Å². The Bertz CT molecular complexity index is 389. The zero-order chi connectivity index (χ0) is 16.9. The third-order valence-corrected chi connectivity index (χ3v) is 3.79. The number of carbonyl (C=O) groups is 2. The molecule has 0 bridgehead atoms. The fourth-order valence-corrected chi connectivity index (χ4v) is 2.59. The monoisotopic (exact) mass is 319 g/mol. The van der Waals surface area contributed by atoms with Gasteiger partial charge in [0.05, 0.1) is 0 Å². The lowest BCUT2D eigenvalue weighted by Crippen LogP contribution is -2.65. The van der Waals surface area contributed by atoms with Gasteiger partial charge in [-0.05, 0) is 0 Å². The molecule has 8 heteroatoms. The summed E-state index contributed by atoms with van der Waals surface area (Å²) in [5.41, 5.74) is 0. The van der Waals surface area contributed by atoms with Crippen LogP contribution in [0.2, 0.25) is 0 Å². The van der Waals surface area contributed by atoms with Gasteiger partial charge in [0.25, 0.3) is 0 Å². The first-order valence-electron chi connectivity index (χ1n) is 6.97.